The van der Waals surface area contributed by atoms with Gasteiger partial charge in [-0.3, -0.25) is 4.79 Å². The number of carbonyl (C=O) groups excluding carboxylic acids is 2. The highest BCUT2D eigenvalue weighted by atomic mass is 16.5. The van der Waals surface area contributed by atoms with Crippen molar-refractivity contribution in [2.45, 2.75) is 53.0 Å². The van der Waals surface area contributed by atoms with Crippen molar-refractivity contribution in [2.75, 3.05) is 13.2 Å². The molecule has 0 fully saturated rings. The first-order valence-corrected chi connectivity index (χ1v) is 10.7. The van der Waals surface area contributed by atoms with Gasteiger partial charge in [-0.15, -0.1) is 0 Å². The summed E-state index contributed by atoms with van der Waals surface area (Å²) >= 11 is 0. The largest absolute Gasteiger partial charge is 0.494 e. The first-order valence-electron chi connectivity index (χ1n) is 10.7. The maximum Gasteiger partial charge on any atom is 0.338 e. The van der Waals surface area contributed by atoms with Crippen molar-refractivity contribution < 1.29 is 19.1 Å². The van der Waals surface area contributed by atoms with Gasteiger partial charge in [-0.25, -0.2) is 4.79 Å². The molecule has 5 nitrogen and oxygen atoms in total. The lowest BCUT2D eigenvalue weighted by Gasteiger charge is -2.15. The molecule has 5 heteroatoms. The number of esters is 1. The predicted octanol–water partition coefficient (Wildman–Crippen LogP) is 5.10. The molecule has 0 aliphatic rings. The molecule has 30 heavy (non-hydrogen) atoms. The Morgan fingerprint density at radius 2 is 1.63 bits per heavy atom. The van der Waals surface area contributed by atoms with E-state index in [1.54, 1.807) is 24.3 Å². The van der Waals surface area contributed by atoms with Crippen LogP contribution in [0.2, 0.25) is 0 Å². The molecule has 1 atom stereocenters. The maximum absolute atomic E-state index is 12.2. The van der Waals surface area contributed by atoms with Crippen LogP contribution in [0.15, 0.2) is 48.5 Å². The van der Waals surface area contributed by atoms with Gasteiger partial charge < -0.3 is 14.8 Å². The second kappa shape index (κ2) is 12.0. The van der Waals surface area contributed by atoms with E-state index in [0.29, 0.717) is 23.8 Å². The molecular weight excluding hydrogens is 378 g/mol. The molecule has 0 heterocycles. The quantitative estimate of drug-likeness (QED) is 0.413. The number of carbonyl (C=O) groups is 2. The third-order valence-corrected chi connectivity index (χ3v) is 4.69. The third kappa shape index (κ3) is 7.90. The maximum atomic E-state index is 12.2. The minimum atomic E-state index is -0.532. The fraction of sp³-hybridized carbons (Fsp3) is 0.440. The van der Waals surface area contributed by atoms with E-state index < -0.39 is 5.97 Å². The van der Waals surface area contributed by atoms with E-state index in [2.05, 4.69) is 38.2 Å². The first-order chi connectivity index (χ1) is 14.4. The average Bonchev–Trinajstić information content (AvgIpc) is 2.72. The van der Waals surface area contributed by atoms with Gasteiger partial charge in [-0.05, 0) is 61.1 Å². The molecule has 0 aliphatic carbocycles. The number of nitrogens with one attached hydrogen (secondary N) is 1. The number of benzene rings is 2. The van der Waals surface area contributed by atoms with Crippen LogP contribution in [-0.2, 0) is 16.0 Å². The third-order valence-electron chi connectivity index (χ3n) is 4.69. The van der Waals surface area contributed by atoms with Gasteiger partial charge in [0.05, 0.1) is 18.2 Å². The van der Waals surface area contributed by atoms with Crippen LogP contribution in [0, 0.1) is 5.92 Å². The van der Waals surface area contributed by atoms with Crippen LogP contribution >= 0.6 is 0 Å². The Morgan fingerprint density at radius 1 is 0.967 bits per heavy atom. The van der Waals surface area contributed by atoms with Crippen LogP contribution in [0.4, 0.5) is 0 Å². The van der Waals surface area contributed by atoms with Gasteiger partial charge in [0.25, 0.3) is 5.91 Å². The van der Waals surface area contributed by atoms with Gasteiger partial charge >= 0.3 is 5.97 Å². The van der Waals surface area contributed by atoms with Gasteiger partial charge in [0.1, 0.15) is 5.75 Å². The molecule has 0 aliphatic heterocycles. The topological polar surface area (TPSA) is 64.6 Å². The van der Waals surface area contributed by atoms with Crippen LogP contribution in [-0.4, -0.2) is 25.1 Å². The monoisotopic (exact) mass is 411 g/mol. The van der Waals surface area contributed by atoms with Crippen molar-refractivity contribution in [2.24, 2.45) is 5.92 Å². The normalized spacial score (nSPS) is 11.8. The smallest absolute Gasteiger partial charge is 0.338 e. The molecule has 0 unspecified atom stereocenters. The lowest BCUT2D eigenvalue weighted by Crippen LogP contribution is -2.31. The molecule has 1 N–H and O–H groups in total. The molecule has 0 aromatic heterocycles. The molecule has 0 saturated carbocycles. The van der Waals surface area contributed by atoms with Gasteiger partial charge in [-0.2, -0.15) is 0 Å². The first kappa shape index (κ1) is 23.5. The minimum Gasteiger partial charge on any atom is -0.494 e. The summed E-state index contributed by atoms with van der Waals surface area (Å²) in [6.07, 6.45) is 3.08. The van der Waals surface area contributed by atoms with Crippen LogP contribution in [0.3, 0.4) is 0 Å². The highest BCUT2D eigenvalue weighted by molar-refractivity contribution is 5.91. The van der Waals surface area contributed by atoms with E-state index in [9.17, 15) is 9.59 Å². The molecule has 0 radical (unpaired) electrons. The van der Waals surface area contributed by atoms with Crippen molar-refractivity contribution in [3.05, 3.63) is 65.2 Å². The summed E-state index contributed by atoms with van der Waals surface area (Å²) in [7, 11) is 0. The SMILES string of the molecule is CCCCOc1ccc(C(=O)OCC(=O)N[C@@H](C)c2ccc(CC(C)C)cc2)cc1. The zero-order valence-electron chi connectivity index (χ0n) is 18.4. The Bertz CT molecular complexity index is 797. The Kier molecular flexibility index (Phi) is 9.39. The van der Waals surface area contributed by atoms with Gasteiger partial charge in [0, 0.05) is 0 Å². The van der Waals surface area contributed by atoms with E-state index >= 15 is 0 Å². The predicted molar refractivity (Wildman–Crippen MR) is 119 cm³/mol. The molecule has 2 aromatic rings. The van der Waals surface area contributed by atoms with Crippen molar-refractivity contribution in [1.82, 2.24) is 5.32 Å². The fourth-order valence-corrected chi connectivity index (χ4v) is 3.02. The molecular formula is C25H33NO4. The molecule has 2 rings (SSSR count). The Balaban J connectivity index is 1.78. The molecule has 0 spiro atoms. The number of ether oxygens (including phenoxy) is 2. The summed E-state index contributed by atoms with van der Waals surface area (Å²) in [6, 6.07) is 14.8. The van der Waals surface area contributed by atoms with Crippen LogP contribution in [0.25, 0.3) is 0 Å². The second-order valence-corrected chi connectivity index (χ2v) is 7.93. The van der Waals surface area contributed by atoms with Gasteiger partial charge in [0.2, 0.25) is 0 Å². The van der Waals surface area contributed by atoms with E-state index in [1.165, 1.54) is 5.56 Å². The number of rotatable bonds is 11. The minimum absolute atomic E-state index is 0.163. The zero-order valence-corrected chi connectivity index (χ0v) is 18.4. The van der Waals surface area contributed by atoms with E-state index in [0.717, 1.165) is 24.8 Å². The van der Waals surface area contributed by atoms with Gasteiger partial charge in [0.15, 0.2) is 6.61 Å². The van der Waals surface area contributed by atoms with E-state index in [-0.39, 0.29) is 18.6 Å². The van der Waals surface area contributed by atoms with Crippen LogP contribution in [0.5, 0.6) is 5.75 Å². The highest BCUT2D eigenvalue weighted by Crippen LogP contribution is 2.16. The number of amides is 1. The molecule has 0 bridgehead atoms. The Morgan fingerprint density at radius 3 is 2.23 bits per heavy atom. The van der Waals surface area contributed by atoms with E-state index in [1.807, 2.05) is 19.1 Å². The summed E-state index contributed by atoms with van der Waals surface area (Å²) in [5, 5.41) is 2.86. The molecule has 0 saturated heterocycles. The average molecular weight is 412 g/mol. The Hall–Kier alpha value is -2.82. The van der Waals surface area contributed by atoms with E-state index in [4.69, 9.17) is 9.47 Å². The fourth-order valence-electron chi connectivity index (χ4n) is 3.02. The lowest BCUT2D eigenvalue weighted by atomic mass is 10.00. The lowest BCUT2D eigenvalue weighted by molar-refractivity contribution is -0.124. The number of hydrogen-bond acceptors (Lipinski definition) is 4. The summed E-state index contributed by atoms with van der Waals surface area (Å²) < 4.78 is 10.7. The summed E-state index contributed by atoms with van der Waals surface area (Å²) in [4.78, 5) is 24.3. The van der Waals surface area contributed by atoms with Crippen LogP contribution in [0.1, 0.15) is 68.1 Å². The summed E-state index contributed by atoms with van der Waals surface area (Å²) in [5.74, 6) is 0.455. The molecule has 1 amide bonds. The van der Waals surface area contributed by atoms with Crippen molar-refractivity contribution in [3.63, 3.8) is 0 Å². The molecule has 2 aromatic carbocycles. The Labute approximate surface area is 179 Å². The molecule has 162 valence electrons. The highest BCUT2D eigenvalue weighted by Gasteiger charge is 2.13. The standard InChI is InChI=1S/C25H33NO4/c1-5-6-15-29-23-13-11-22(12-14-23)25(28)30-17-24(27)26-19(4)21-9-7-20(8-10-21)16-18(2)3/h7-14,18-19H,5-6,15-17H2,1-4H3,(H,26,27)/t19-/m0/s1. The van der Waals surface area contributed by atoms with Crippen molar-refractivity contribution in [3.8, 4) is 5.75 Å². The zero-order chi connectivity index (χ0) is 21.9. The number of hydrogen-bond donors (Lipinski definition) is 1. The summed E-state index contributed by atoms with van der Waals surface area (Å²) in [6.45, 7) is 8.72. The second-order valence-electron chi connectivity index (χ2n) is 7.93. The summed E-state index contributed by atoms with van der Waals surface area (Å²) in [5.41, 5.74) is 2.68. The van der Waals surface area contributed by atoms with Crippen LogP contribution < -0.4 is 10.1 Å². The van der Waals surface area contributed by atoms with Crippen molar-refractivity contribution in [1.29, 1.82) is 0 Å². The number of unbranched alkanes of at least 4 members (excludes halogenated alkanes) is 1. The van der Waals surface area contributed by atoms with Gasteiger partial charge in [-0.1, -0.05) is 51.5 Å². The van der Waals surface area contributed by atoms with Crippen molar-refractivity contribution >= 4 is 11.9 Å².